The molecule has 1 aromatic rings. The minimum Gasteiger partial charge on any atom is -0.327 e. The Morgan fingerprint density at radius 1 is 1.35 bits per heavy atom. The van der Waals surface area contributed by atoms with Crippen molar-refractivity contribution in [2.45, 2.75) is 39.0 Å². The molecule has 1 atom stereocenters. The molecule has 0 aliphatic heterocycles. The number of fused-ring (bicyclic) bond motifs is 1. The molecule has 0 aromatic heterocycles. The summed E-state index contributed by atoms with van der Waals surface area (Å²) in [5, 5.41) is 0. The van der Waals surface area contributed by atoms with E-state index in [9.17, 15) is 22.4 Å². The van der Waals surface area contributed by atoms with Gasteiger partial charge in [-0.05, 0) is 24.0 Å². The molecule has 0 radical (unpaired) electrons. The first kappa shape index (κ1) is 21.0. The molecule has 0 saturated heterocycles. The van der Waals surface area contributed by atoms with Gasteiger partial charge in [0.1, 0.15) is 6.17 Å². The van der Waals surface area contributed by atoms with Crippen LogP contribution >= 0.6 is 0 Å². The highest BCUT2D eigenvalue weighted by Gasteiger charge is 2.40. The van der Waals surface area contributed by atoms with Crippen LogP contribution in [0.1, 0.15) is 37.6 Å². The third kappa shape index (κ3) is 6.72. The Morgan fingerprint density at radius 2 is 1.91 bits per heavy atom. The van der Waals surface area contributed by atoms with E-state index in [0.29, 0.717) is 11.3 Å². The highest BCUT2D eigenvalue weighted by atomic mass is 19.4. The summed E-state index contributed by atoms with van der Waals surface area (Å²) in [6.45, 7) is 3.67. The van der Waals surface area contributed by atoms with Crippen molar-refractivity contribution in [3.05, 3.63) is 35.4 Å². The van der Waals surface area contributed by atoms with Gasteiger partial charge in [-0.1, -0.05) is 44.0 Å². The number of alkyl halides is 4. The van der Waals surface area contributed by atoms with Gasteiger partial charge < -0.3 is 4.90 Å². The van der Waals surface area contributed by atoms with Crippen LogP contribution in [0.15, 0.2) is 24.3 Å². The lowest BCUT2D eigenvalue weighted by Crippen LogP contribution is -2.38. The van der Waals surface area contributed by atoms with E-state index in [-0.39, 0.29) is 6.54 Å². The number of hydrogen-bond donors (Lipinski definition) is 0. The molecular formula is C17H21F4NO. The van der Waals surface area contributed by atoms with Crippen molar-refractivity contribution in [2.24, 2.45) is 0 Å². The first-order valence-corrected chi connectivity index (χ1v) is 7.25. The smallest absolute Gasteiger partial charge is 0.327 e. The Balaban J connectivity index is 0.000000380. The summed E-state index contributed by atoms with van der Waals surface area (Å²) in [6.07, 6.45) is 0.767. The SMILES string of the molecule is C#CCN(C)C(=O)C(F)(F)F.CC.FC1CCc2ccccc21. The number of benzene rings is 1. The Kier molecular flexibility index (Phi) is 9.01. The quantitative estimate of drug-likeness (QED) is 0.555. The second kappa shape index (κ2) is 9.88. The fourth-order valence-corrected chi connectivity index (χ4v) is 1.93. The van der Waals surface area contributed by atoms with E-state index in [0.717, 1.165) is 19.0 Å². The molecule has 0 spiro atoms. The number of rotatable bonds is 1. The molecule has 0 N–H and O–H groups in total. The van der Waals surface area contributed by atoms with Gasteiger partial charge in [-0.3, -0.25) is 4.79 Å². The van der Waals surface area contributed by atoms with Crippen molar-refractivity contribution in [2.75, 3.05) is 13.6 Å². The first-order valence-electron chi connectivity index (χ1n) is 7.25. The molecule has 0 heterocycles. The molecule has 128 valence electrons. The molecular weight excluding hydrogens is 310 g/mol. The zero-order valence-electron chi connectivity index (χ0n) is 13.5. The molecule has 0 saturated carbocycles. The minimum absolute atomic E-state index is 0.335. The summed E-state index contributed by atoms with van der Waals surface area (Å²) in [5.74, 6) is 0.00468. The van der Waals surface area contributed by atoms with Crippen LogP contribution in [-0.2, 0) is 11.2 Å². The molecule has 1 aromatic carbocycles. The predicted octanol–water partition coefficient (Wildman–Crippen LogP) is 4.31. The lowest BCUT2D eigenvalue weighted by Gasteiger charge is -2.14. The van der Waals surface area contributed by atoms with Crippen molar-refractivity contribution >= 4 is 5.91 Å². The van der Waals surface area contributed by atoms with Gasteiger partial charge in [0.2, 0.25) is 0 Å². The second-order valence-electron chi connectivity index (χ2n) is 4.57. The van der Waals surface area contributed by atoms with Crippen LogP contribution in [0, 0.1) is 12.3 Å². The molecule has 2 nitrogen and oxygen atoms in total. The maximum atomic E-state index is 12.9. The van der Waals surface area contributed by atoms with Crippen LogP contribution < -0.4 is 0 Å². The summed E-state index contributed by atoms with van der Waals surface area (Å²) in [7, 11) is 0.996. The lowest BCUT2D eigenvalue weighted by molar-refractivity contribution is -0.183. The second-order valence-corrected chi connectivity index (χ2v) is 4.57. The van der Waals surface area contributed by atoms with Crippen LogP contribution in [0.2, 0.25) is 0 Å². The highest BCUT2D eigenvalue weighted by molar-refractivity contribution is 5.81. The normalized spacial score (nSPS) is 15.1. The van der Waals surface area contributed by atoms with Crippen LogP contribution in [0.5, 0.6) is 0 Å². The molecule has 2 rings (SSSR count). The molecule has 0 fully saturated rings. The Hall–Kier alpha value is -2.03. The zero-order valence-corrected chi connectivity index (χ0v) is 13.5. The largest absolute Gasteiger partial charge is 0.471 e. The number of terminal acetylenes is 1. The fraction of sp³-hybridized carbons (Fsp3) is 0.471. The highest BCUT2D eigenvalue weighted by Crippen LogP contribution is 2.33. The average molecular weight is 331 g/mol. The van der Waals surface area contributed by atoms with Gasteiger partial charge in [0.25, 0.3) is 0 Å². The van der Waals surface area contributed by atoms with Crippen molar-refractivity contribution in [1.29, 1.82) is 0 Å². The van der Waals surface area contributed by atoms with Crippen molar-refractivity contribution in [1.82, 2.24) is 4.90 Å². The molecule has 1 aliphatic rings. The van der Waals surface area contributed by atoms with Crippen LogP contribution in [0.3, 0.4) is 0 Å². The van der Waals surface area contributed by atoms with Gasteiger partial charge in [-0.2, -0.15) is 13.2 Å². The van der Waals surface area contributed by atoms with E-state index >= 15 is 0 Å². The summed E-state index contributed by atoms with van der Waals surface area (Å²) < 4.78 is 47.6. The molecule has 23 heavy (non-hydrogen) atoms. The van der Waals surface area contributed by atoms with Gasteiger partial charge in [0.05, 0.1) is 6.54 Å². The Labute approximate surface area is 134 Å². The van der Waals surface area contributed by atoms with Crippen LogP contribution in [0.25, 0.3) is 0 Å². The number of carbonyl (C=O) groups excluding carboxylic acids is 1. The molecule has 1 amide bonds. The van der Waals surface area contributed by atoms with E-state index < -0.39 is 18.3 Å². The molecule has 6 heteroatoms. The summed E-state index contributed by atoms with van der Waals surface area (Å²) in [5.41, 5.74) is 2.09. The predicted molar refractivity (Wildman–Crippen MR) is 82.5 cm³/mol. The third-order valence-electron chi connectivity index (χ3n) is 2.98. The maximum absolute atomic E-state index is 12.9. The summed E-state index contributed by atoms with van der Waals surface area (Å²) in [6, 6.07) is 7.76. The van der Waals surface area contributed by atoms with Crippen molar-refractivity contribution in [3.8, 4) is 12.3 Å². The van der Waals surface area contributed by atoms with Crippen molar-refractivity contribution in [3.63, 3.8) is 0 Å². The van der Waals surface area contributed by atoms with Gasteiger partial charge in [-0.15, -0.1) is 6.42 Å². The van der Waals surface area contributed by atoms with Crippen LogP contribution in [-0.4, -0.2) is 30.6 Å². The number of hydrogen-bond acceptors (Lipinski definition) is 1. The van der Waals surface area contributed by atoms with E-state index in [1.807, 2.05) is 44.0 Å². The monoisotopic (exact) mass is 331 g/mol. The average Bonchev–Trinajstić information content (AvgIpc) is 2.90. The Bertz CT molecular complexity index is 534. The van der Waals surface area contributed by atoms with Gasteiger partial charge >= 0.3 is 12.1 Å². The summed E-state index contributed by atoms with van der Waals surface area (Å²) in [4.78, 5) is 10.7. The van der Waals surface area contributed by atoms with Crippen LogP contribution in [0.4, 0.5) is 17.6 Å². The van der Waals surface area contributed by atoms with Crippen molar-refractivity contribution < 1.29 is 22.4 Å². The van der Waals surface area contributed by atoms with Gasteiger partial charge in [-0.25, -0.2) is 4.39 Å². The van der Waals surface area contributed by atoms with Gasteiger partial charge in [0.15, 0.2) is 0 Å². The number of nitrogens with zero attached hydrogens (tertiary/aromatic N) is 1. The first-order chi connectivity index (χ1) is 10.8. The lowest BCUT2D eigenvalue weighted by atomic mass is 10.1. The van der Waals surface area contributed by atoms with E-state index in [1.165, 1.54) is 5.56 Å². The van der Waals surface area contributed by atoms with E-state index in [2.05, 4.69) is 0 Å². The molecule has 0 bridgehead atoms. The molecule has 1 unspecified atom stereocenters. The Morgan fingerprint density at radius 3 is 2.39 bits per heavy atom. The minimum atomic E-state index is -4.83. The standard InChI is InChI=1S/C9H9F.C6H6F3NO.C2H6/c10-9-6-5-7-3-1-2-4-8(7)9;1-3-4-10(2)5(11)6(7,8)9;1-2/h1-4,9H,5-6H2;1H,4H2,2H3;1-2H3. The topological polar surface area (TPSA) is 20.3 Å². The number of carbonyl (C=O) groups is 1. The number of aryl methyl sites for hydroxylation is 1. The van der Waals surface area contributed by atoms with E-state index in [1.54, 1.807) is 0 Å². The zero-order chi connectivity index (χ0) is 18.0. The van der Waals surface area contributed by atoms with E-state index in [4.69, 9.17) is 6.42 Å². The third-order valence-corrected chi connectivity index (χ3v) is 2.98. The number of amides is 1. The molecule has 1 aliphatic carbocycles. The van der Waals surface area contributed by atoms with Gasteiger partial charge in [0, 0.05) is 7.05 Å². The fourth-order valence-electron chi connectivity index (χ4n) is 1.93. The number of halogens is 4. The summed E-state index contributed by atoms with van der Waals surface area (Å²) >= 11 is 0. The maximum Gasteiger partial charge on any atom is 0.471 e.